The molecular formula is C11H18N2O2. The van der Waals surface area contributed by atoms with Gasteiger partial charge in [-0.2, -0.15) is 5.10 Å². The lowest BCUT2D eigenvalue weighted by Gasteiger charge is -2.16. The lowest BCUT2D eigenvalue weighted by atomic mass is 10.0. The Balaban J connectivity index is 1.79. The molecule has 1 heterocycles. The second-order valence-corrected chi connectivity index (χ2v) is 4.38. The molecule has 84 valence electrons. The molecule has 2 N–H and O–H groups in total. The number of hydrogen-bond acceptors (Lipinski definition) is 3. The van der Waals surface area contributed by atoms with E-state index in [4.69, 9.17) is 0 Å². The maximum absolute atomic E-state index is 9.74. The summed E-state index contributed by atoms with van der Waals surface area (Å²) in [6.45, 7) is 0. The summed E-state index contributed by atoms with van der Waals surface area (Å²) in [5.74, 6) is 0.339. The van der Waals surface area contributed by atoms with Gasteiger partial charge < -0.3 is 10.2 Å². The van der Waals surface area contributed by atoms with E-state index in [1.165, 1.54) is 0 Å². The smallest absolute Gasteiger partial charge is 0.0827 e. The normalized spacial score (nSPS) is 20.2. The van der Waals surface area contributed by atoms with Crippen molar-refractivity contribution >= 4 is 0 Å². The van der Waals surface area contributed by atoms with Crippen LogP contribution in [0.1, 0.15) is 25.0 Å². The fourth-order valence-corrected chi connectivity index (χ4v) is 1.86. The van der Waals surface area contributed by atoms with E-state index >= 15 is 0 Å². The van der Waals surface area contributed by atoms with E-state index in [0.717, 1.165) is 25.0 Å². The summed E-state index contributed by atoms with van der Waals surface area (Å²) in [6, 6.07) is 1.94. The number of nitrogens with zero attached hydrogens (tertiary/aromatic N) is 2. The lowest BCUT2D eigenvalue weighted by Crippen LogP contribution is -2.28. The Kier molecular flexibility index (Phi) is 3.07. The van der Waals surface area contributed by atoms with Gasteiger partial charge in [0.15, 0.2) is 0 Å². The fourth-order valence-electron chi connectivity index (χ4n) is 1.86. The van der Waals surface area contributed by atoms with E-state index in [0.29, 0.717) is 12.3 Å². The zero-order valence-corrected chi connectivity index (χ0v) is 9.00. The molecule has 15 heavy (non-hydrogen) atoms. The van der Waals surface area contributed by atoms with Crippen LogP contribution in [0, 0.1) is 5.92 Å². The number of aryl methyl sites for hydroxylation is 2. The molecule has 1 aliphatic carbocycles. The van der Waals surface area contributed by atoms with Crippen LogP contribution in [0.4, 0.5) is 0 Å². The van der Waals surface area contributed by atoms with Gasteiger partial charge in [0.1, 0.15) is 0 Å². The first-order valence-corrected chi connectivity index (χ1v) is 5.51. The van der Waals surface area contributed by atoms with Crippen molar-refractivity contribution in [1.82, 2.24) is 9.78 Å². The average molecular weight is 210 g/mol. The molecule has 1 saturated carbocycles. The van der Waals surface area contributed by atoms with Crippen molar-refractivity contribution in [3.8, 4) is 0 Å². The Morgan fingerprint density at radius 1 is 1.53 bits per heavy atom. The molecule has 2 rings (SSSR count). The maximum atomic E-state index is 9.74. The van der Waals surface area contributed by atoms with Crippen molar-refractivity contribution in [2.45, 2.75) is 37.9 Å². The molecule has 2 unspecified atom stereocenters. The standard InChI is InChI=1S/C11H18N2O2/c1-13-9(6-7-12-13)4-5-10(14)11(15)8-2-3-8/h6-8,10-11,14-15H,2-5H2,1H3. The summed E-state index contributed by atoms with van der Waals surface area (Å²) in [7, 11) is 1.89. The summed E-state index contributed by atoms with van der Waals surface area (Å²) in [6.07, 6.45) is 4.12. The van der Waals surface area contributed by atoms with Crippen LogP contribution in [0.5, 0.6) is 0 Å². The number of aromatic nitrogens is 2. The molecular weight excluding hydrogens is 192 g/mol. The van der Waals surface area contributed by atoms with Crippen LogP contribution in [0.25, 0.3) is 0 Å². The summed E-state index contributed by atoms with van der Waals surface area (Å²) in [5, 5.41) is 23.5. The van der Waals surface area contributed by atoms with Gasteiger partial charge in [0.25, 0.3) is 0 Å². The van der Waals surface area contributed by atoms with Crippen LogP contribution >= 0.6 is 0 Å². The highest BCUT2D eigenvalue weighted by molar-refractivity contribution is 5.00. The monoisotopic (exact) mass is 210 g/mol. The van der Waals surface area contributed by atoms with Crippen molar-refractivity contribution < 1.29 is 10.2 Å². The molecule has 0 aromatic carbocycles. The van der Waals surface area contributed by atoms with Crippen LogP contribution in [-0.4, -0.2) is 32.2 Å². The first kappa shape index (κ1) is 10.6. The Hall–Kier alpha value is -0.870. The molecule has 0 radical (unpaired) electrons. The molecule has 1 fully saturated rings. The predicted octanol–water partition coefficient (Wildman–Crippen LogP) is 0.484. The second-order valence-electron chi connectivity index (χ2n) is 4.38. The van der Waals surface area contributed by atoms with Crippen molar-refractivity contribution in [2.24, 2.45) is 13.0 Å². The fraction of sp³-hybridized carbons (Fsp3) is 0.727. The summed E-state index contributed by atoms with van der Waals surface area (Å²) < 4.78 is 1.80. The van der Waals surface area contributed by atoms with Crippen LogP contribution in [0.3, 0.4) is 0 Å². The summed E-state index contributed by atoms with van der Waals surface area (Å²) >= 11 is 0. The molecule has 1 aliphatic rings. The van der Waals surface area contributed by atoms with Crippen molar-refractivity contribution in [3.63, 3.8) is 0 Å². The SMILES string of the molecule is Cn1nccc1CCC(O)C(O)C1CC1. The Morgan fingerprint density at radius 2 is 2.27 bits per heavy atom. The third-order valence-corrected chi connectivity index (χ3v) is 3.12. The van der Waals surface area contributed by atoms with Gasteiger partial charge >= 0.3 is 0 Å². The van der Waals surface area contributed by atoms with Gasteiger partial charge in [0.2, 0.25) is 0 Å². The predicted molar refractivity (Wildman–Crippen MR) is 56.3 cm³/mol. The zero-order chi connectivity index (χ0) is 10.8. The Labute approximate surface area is 89.5 Å². The number of rotatable bonds is 5. The van der Waals surface area contributed by atoms with Crippen LogP contribution in [-0.2, 0) is 13.5 Å². The Bertz CT molecular complexity index is 320. The minimum absolute atomic E-state index is 0.339. The number of aliphatic hydroxyl groups is 2. The van der Waals surface area contributed by atoms with Gasteiger partial charge in [0, 0.05) is 18.9 Å². The van der Waals surface area contributed by atoms with Crippen molar-refractivity contribution in [2.75, 3.05) is 0 Å². The van der Waals surface area contributed by atoms with Gasteiger partial charge in [-0.15, -0.1) is 0 Å². The first-order valence-electron chi connectivity index (χ1n) is 5.51. The highest BCUT2D eigenvalue weighted by Gasteiger charge is 2.34. The summed E-state index contributed by atoms with van der Waals surface area (Å²) in [5.41, 5.74) is 1.09. The topological polar surface area (TPSA) is 58.3 Å². The van der Waals surface area contributed by atoms with Gasteiger partial charge in [-0.25, -0.2) is 0 Å². The van der Waals surface area contributed by atoms with Gasteiger partial charge in [-0.3, -0.25) is 4.68 Å². The van der Waals surface area contributed by atoms with E-state index in [1.54, 1.807) is 10.9 Å². The highest BCUT2D eigenvalue weighted by Crippen LogP contribution is 2.34. The molecule has 0 aliphatic heterocycles. The summed E-state index contributed by atoms with van der Waals surface area (Å²) in [4.78, 5) is 0. The second kappa shape index (κ2) is 4.33. The average Bonchev–Trinajstić information content (AvgIpc) is 2.99. The van der Waals surface area contributed by atoms with Gasteiger partial charge in [-0.1, -0.05) is 0 Å². The van der Waals surface area contributed by atoms with E-state index in [9.17, 15) is 10.2 Å². The molecule has 4 heteroatoms. The molecule has 0 bridgehead atoms. The van der Waals surface area contributed by atoms with Crippen LogP contribution in [0.15, 0.2) is 12.3 Å². The Morgan fingerprint density at radius 3 is 2.80 bits per heavy atom. The third-order valence-electron chi connectivity index (χ3n) is 3.12. The van der Waals surface area contributed by atoms with Crippen molar-refractivity contribution in [1.29, 1.82) is 0 Å². The molecule has 2 atom stereocenters. The quantitative estimate of drug-likeness (QED) is 0.743. The molecule has 0 amide bonds. The van der Waals surface area contributed by atoms with E-state index in [1.807, 2.05) is 13.1 Å². The van der Waals surface area contributed by atoms with Gasteiger partial charge in [0.05, 0.1) is 12.2 Å². The first-order chi connectivity index (χ1) is 7.18. The van der Waals surface area contributed by atoms with Crippen molar-refractivity contribution in [3.05, 3.63) is 18.0 Å². The molecule has 0 saturated heterocycles. The minimum atomic E-state index is -0.590. The molecule has 0 spiro atoms. The largest absolute Gasteiger partial charge is 0.390 e. The molecule has 1 aromatic rings. The van der Waals surface area contributed by atoms with Gasteiger partial charge in [-0.05, 0) is 37.7 Å². The minimum Gasteiger partial charge on any atom is -0.390 e. The van der Waals surface area contributed by atoms with E-state index in [-0.39, 0.29) is 0 Å². The number of aliphatic hydroxyl groups excluding tert-OH is 2. The van der Waals surface area contributed by atoms with Crippen LogP contribution in [0.2, 0.25) is 0 Å². The third kappa shape index (κ3) is 2.58. The van der Waals surface area contributed by atoms with Crippen LogP contribution < -0.4 is 0 Å². The molecule has 4 nitrogen and oxygen atoms in total. The van der Waals surface area contributed by atoms with E-state index < -0.39 is 12.2 Å². The highest BCUT2D eigenvalue weighted by atomic mass is 16.3. The lowest BCUT2D eigenvalue weighted by molar-refractivity contribution is 0.00165. The maximum Gasteiger partial charge on any atom is 0.0827 e. The number of hydrogen-bond donors (Lipinski definition) is 2. The van der Waals surface area contributed by atoms with E-state index in [2.05, 4.69) is 5.10 Å². The molecule has 1 aromatic heterocycles. The zero-order valence-electron chi connectivity index (χ0n) is 9.00.